The summed E-state index contributed by atoms with van der Waals surface area (Å²) in [6.07, 6.45) is 0. The van der Waals surface area contributed by atoms with Gasteiger partial charge >= 0.3 is 158 Å². The molecule has 3 aromatic rings. The molecule has 0 saturated heterocycles. The van der Waals surface area contributed by atoms with Gasteiger partial charge in [0.2, 0.25) is 0 Å². The molecular formula is C19H10F5IO2. The molecule has 0 fully saturated rings. The van der Waals surface area contributed by atoms with Crippen molar-refractivity contribution in [1.29, 1.82) is 0 Å². The molecule has 0 atom stereocenters. The van der Waals surface area contributed by atoms with Crippen molar-refractivity contribution in [3.05, 3.63) is 102 Å². The molecule has 0 aliphatic rings. The van der Waals surface area contributed by atoms with Crippen molar-refractivity contribution in [3.63, 3.8) is 0 Å². The molecule has 27 heavy (non-hydrogen) atoms. The number of halogens is 6. The molecule has 140 valence electrons. The van der Waals surface area contributed by atoms with Gasteiger partial charge < -0.3 is 0 Å². The zero-order valence-electron chi connectivity index (χ0n) is 13.4. The Kier molecular flexibility index (Phi) is 5.73. The first-order valence-corrected chi connectivity index (χ1v) is 10.5. The third-order valence-electron chi connectivity index (χ3n) is 3.42. The average Bonchev–Trinajstić information content (AvgIpc) is 2.70. The van der Waals surface area contributed by atoms with E-state index in [-0.39, 0.29) is 0 Å². The van der Waals surface area contributed by atoms with E-state index in [0.29, 0.717) is 7.14 Å². The average molecular weight is 492 g/mol. The third-order valence-corrected chi connectivity index (χ3v) is 7.97. The van der Waals surface area contributed by atoms with E-state index in [1.165, 1.54) is 0 Å². The van der Waals surface area contributed by atoms with Crippen molar-refractivity contribution in [2.75, 3.05) is 0 Å². The number of rotatable bonds is 4. The van der Waals surface area contributed by atoms with E-state index < -0.39 is 60.9 Å². The van der Waals surface area contributed by atoms with E-state index >= 15 is 0 Å². The maximum absolute atomic E-state index is 13.9. The molecule has 8 heteroatoms. The Bertz CT molecular complexity index is 912. The molecule has 0 aliphatic carbocycles. The SMILES string of the molecule is O=C(OI(c1ccccc1)c1ccccc1)c1c(F)c(F)c(F)c(F)c1F. The molecule has 0 unspecified atom stereocenters. The van der Waals surface area contributed by atoms with Crippen LogP contribution < -0.4 is 0 Å². The molecule has 3 rings (SSSR count). The summed E-state index contributed by atoms with van der Waals surface area (Å²) in [5, 5.41) is 0. The van der Waals surface area contributed by atoms with E-state index in [1.54, 1.807) is 60.7 Å². The predicted molar refractivity (Wildman–Crippen MR) is 95.9 cm³/mol. The fourth-order valence-electron chi connectivity index (χ4n) is 2.17. The number of carbonyl (C=O) groups excluding carboxylic acids is 1. The van der Waals surface area contributed by atoms with Gasteiger partial charge in [-0.25, -0.2) is 0 Å². The fraction of sp³-hybridized carbons (Fsp3) is 0. The molecule has 0 aliphatic heterocycles. The van der Waals surface area contributed by atoms with Gasteiger partial charge in [0.05, 0.1) is 0 Å². The van der Waals surface area contributed by atoms with Crippen molar-refractivity contribution in [1.82, 2.24) is 0 Å². The van der Waals surface area contributed by atoms with Crippen molar-refractivity contribution in [2.24, 2.45) is 0 Å². The summed E-state index contributed by atoms with van der Waals surface area (Å²) < 4.78 is 74.3. The van der Waals surface area contributed by atoms with Crippen LogP contribution >= 0.6 is 20.2 Å². The zero-order valence-corrected chi connectivity index (χ0v) is 15.5. The second kappa shape index (κ2) is 8.03. The minimum absolute atomic E-state index is 0.616. The van der Waals surface area contributed by atoms with Crippen LogP contribution in [0, 0.1) is 36.2 Å². The summed E-state index contributed by atoms with van der Waals surface area (Å²) >= 11 is -3.00. The van der Waals surface area contributed by atoms with Gasteiger partial charge in [0.1, 0.15) is 0 Å². The van der Waals surface area contributed by atoms with Crippen molar-refractivity contribution in [3.8, 4) is 0 Å². The molecule has 0 radical (unpaired) electrons. The van der Waals surface area contributed by atoms with Gasteiger partial charge in [-0.15, -0.1) is 0 Å². The van der Waals surface area contributed by atoms with Gasteiger partial charge in [-0.3, -0.25) is 0 Å². The topological polar surface area (TPSA) is 26.3 Å². The first-order chi connectivity index (χ1) is 12.9. The fourth-order valence-corrected chi connectivity index (χ4v) is 6.15. The molecule has 0 bridgehead atoms. The molecule has 3 aromatic carbocycles. The van der Waals surface area contributed by atoms with Crippen LogP contribution in [0.2, 0.25) is 0 Å². The van der Waals surface area contributed by atoms with Crippen molar-refractivity contribution >= 4 is 26.2 Å². The van der Waals surface area contributed by atoms with Crippen LogP contribution in [0.25, 0.3) is 0 Å². The van der Waals surface area contributed by atoms with Crippen LogP contribution in [0.1, 0.15) is 10.4 Å². The Balaban J connectivity index is 2.05. The Morgan fingerprint density at radius 1 is 0.630 bits per heavy atom. The van der Waals surface area contributed by atoms with Crippen LogP contribution in [0.4, 0.5) is 22.0 Å². The Morgan fingerprint density at radius 2 is 1.00 bits per heavy atom. The second-order valence-corrected chi connectivity index (χ2v) is 9.50. The van der Waals surface area contributed by atoms with Crippen LogP contribution in [0.15, 0.2) is 60.7 Å². The summed E-state index contributed by atoms with van der Waals surface area (Å²) in [5.74, 6) is -12.7. The van der Waals surface area contributed by atoms with Crippen molar-refractivity contribution in [2.45, 2.75) is 0 Å². The van der Waals surface area contributed by atoms with Gasteiger partial charge in [-0.2, -0.15) is 0 Å². The normalized spacial score (nSPS) is 11.2. The minimum atomic E-state index is -3.00. The van der Waals surface area contributed by atoms with E-state index in [2.05, 4.69) is 0 Å². The predicted octanol–water partition coefficient (Wildman–Crippen LogP) is 5.70. The standard InChI is InChI=1S/C19H10F5IO2/c20-14-13(15(21)17(23)18(24)16(14)22)19(26)27-25(11-7-3-1-4-8-11)12-9-5-2-6-10-12/h1-10H. The molecule has 0 spiro atoms. The van der Waals surface area contributed by atoms with Crippen molar-refractivity contribution < 1.29 is 29.8 Å². The van der Waals surface area contributed by atoms with E-state index in [9.17, 15) is 26.7 Å². The molecule has 0 amide bonds. The van der Waals surface area contributed by atoms with Crippen LogP contribution in [0.3, 0.4) is 0 Å². The summed E-state index contributed by atoms with van der Waals surface area (Å²) in [5.41, 5.74) is -1.60. The zero-order chi connectivity index (χ0) is 19.6. The monoisotopic (exact) mass is 492 g/mol. The number of benzene rings is 3. The van der Waals surface area contributed by atoms with Crippen LogP contribution in [0.5, 0.6) is 0 Å². The number of carbonyl (C=O) groups is 1. The van der Waals surface area contributed by atoms with E-state index in [4.69, 9.17) is 3.07 Å². The molecular weight excluding hydrogens is 482 g/mol. The van der Waals surface area contributed by atoms with Crippen LogP contribution in [-0.4, -0.2) is 5.97 Å². The third kappa shape index (κ3) is 3.80. The van der Waals surface area contributed by atoms with Gasteiger partial charge in [-0.05, 0) is 0 Å². The molecule has 0 heterocycles. The van der Waals surface area contributed by atoms with Gasteiger partial charge in [-0.1, -0.05) is 0 Å². The second-order valence-electron chi connectivity index (χ2n) is 5.15. The Hall–Kier alpha value is -2.49. The summed E-state index contributed by atoms with van der Waals surface area (Å²) in [6, 6.07) is 16.9. The first kappa shape index (κ1) is 19.3. The first-order valence-electron chi connectivity index (χ1n) is 7.46. The number of hydrogen-bond acceptors (Lipinski definition) is 2. The molecule has 0 saturated carbocycles. The molecule has 0 aromatic heterocycles. The van der Waals surface area contributed by atoms with Gasteiger partial charge in [0, 0.05) is 0 Å². The van der Waals surface area contributed by atoms with E-state index in [1.807, 2.05) is 0 Å². The molecule has 0 N–H and O–H groups in total. The maximum atomic E-state index is 13.9. The number of hydrogen-bond donors (Lipinski definition) is 0. The van der Waals surface area contributed by atoms with Crippen LogP contribution in [-0.2, 0) is 3.07 Å². The summed E-state index contributed by atoms with van der Waals surface area (Å²) in [4.78, 5) is 12.3. The Morgan fingerprint density at radius 3 is 1.41 bits per heavy atom. The summed E-state index contributed by atoms with van der Waals surface area (Å²) in [7, 11) is 0. The van der Waals surface area contributed by atoms with Gasteiger partial charge in [0.15, 0.2) is 0 Å². The van der Waals surface area contributed by atoms with E-state index in [0.717, 1.165) is 0 Å². The van der Waals surface area contributed by atoms with Gasteiger partial charge in [0.25, 0.3) is 0 Å². The summed E-state index contributed by atoms with van der Waals surface area (Å²) in [6.45, 7) is 0. The molecule has 2 nitrogen and oxygen atoms in total. The quantitative estimate of drug-likeness (QED) is 0.202. The Labute approximate surface area is 158 Å².